The SMILES string of the molecule is Cn1cc(-c2ccncc2)cc1C(=O)NCc1cccc(C(F)(F)F)c1. The summed E-state index contributed by atoms with van der Waals surface area (Å²) in [5.41, 5.74) is 1.86. The molecule has 26 heavy (non-hydrogen) atoms. The van der Waals surface area contributed by atoms with Crippen LogP contribution in [0.5, 0.6) is 0 Å². The number of benzene rings is 1. The van der Waals surface area contributed by atoms with Crippen LogP contribution in [0.15, 0.2) is 61.1 Å². The van der Waals surface area contributed by atoms with Crippen molar-refractivity contribution in [2.24, 2.45) is 7.05 Å². The molecule has 0 fully saturated rings. The highest BCUT2D eigenvalue weighted by atomic mass is 19.4. The summed E-state index contributed by atoms with van der Waals surface area (Å²) < 4.78 is 39.9. The smallest absolute Gasteiger partial charge is 0.347 e. The predicted molar refractivity (Wildman–Crippen MR) is 91.3 cm³/mol. The molecule has 7 heteroatoms. The fourth-order valence-corrected chi connectivity index (χ4v) is 2.62. The van der Waals surface area contributed by atoms with Crippen molar-refractivity contribution in [2.45, 2.75) is 12.7 Å². The van der Waals surface area contributed by atoms with Gasteiger partial charge in [0, 0.05) is 37.7 Å². The Bertz CT molecular complexity index is 917. The van der Waals surface area contributed by atoms with Gasteiger partial charge in [-0.1, -0.05) is 12.1 Å². The van der Waals surface area contributed by atoms with Crippen LogP contribution in [0.25, 0.3) is 11.1 Å². The predicted octanol–water partition coefficient (Wildman–Crippen LogP) is 4.04. The molecular weight excluding hydrogens is 343 g/mol. The first kappa shape index (κ1) is 17.7. The molecule has 4 nitrogen and oxygen atoms in total. The van der Waals surface area contributed by atoms with Gasteiger partial charge in [-0.2, -0.15) is 13.2 Å². The zero-order valence-electron chi connectivity index (χ0n) is 13.9. The third-order valence-corrected chi connectivity index (χ3v) is 3.96. The Kier molecular flexibility index (Phi) is 4.79. The molecule has 1 N–H and O–H groups in total. The van der Waals surface area contributed by atoms with E-state index in [1.165, 1.54) is 6.07 Å². The lowest BCUT2D eigenvalue weighted by Crippen LogP contribution is -2.24. The summed E-state index contributed by atoms with van der Waals surface area (Å²) in [5, 5.41) is 2.66. The lowest BCUT2D eigenvalue weighted by atomic mass is 10.1. The maximum atomic E-state index is 12.8. The molecule has 0 saturated heterocycles. The maximum Gasteiger partial charge on any atom is 0.416 e. The van der Waals surface area contributed by atoms with Crippen molar-refractivity contribution >= 4 is 5.91 Å². The van der Waals surface area contributed by atoms with Gasteiger partial charge >= 0.3 is 6.18 Å². The van der Waals surface area contributed by atoms with E-state index in [4.69, 9.17) is 0 Å². The molecule has 1 aromatic carbocycles. The standard InChI is InChI=1S/C19H16F3N3O/c1-25-12-15(14-5-7-23-8-6-14)10-17(25)18(26)24-11-13-3-2-4-16(9-13)19(20,21)22/h2-10,12H,11H2,1H3,(H,24,26). The molecule has 1 amide bonds. The molecule has 0 bridgehead atoms. The first-order valence-electron chi connectivity index (χ1n) is 7.86. The van der Waals surface area contributed by atoms with Gasteiger partial charge in [0.2, 0.25) is 0 Å². The number of halogens is 3. The lowest BCUT2D eigenvalue weighted by molar-refractivity contribution is -0.137. The maximum absolute atomic E-state index is 12.8. The van der Waals surface area contributed by atoms with Crippen LogP contribution in [0.1, 0.15) is 21.6 Å². The van der Waals surface area contributed by atoms with Crippen LogP contribution < -0.4 is 5.32 Å². The molecule has 0 aliphatic rings. The van der Waals surface area contributed by atoms with Crippen molar-refractivity contribution in [2.75, 3.05) is 0 Å². The van der Waals surface area contributed by atoms with Gasteiger partial charge < -0.3 is 9.88 Å². The van der Waals surface area contributed by atoms with Gasteiger partial charge in [-0.3, -0.25) is 9.78 Å². The van der Waals surface area contributed by atoms with Gasteiger partial charge in [0.05, 0.1) is 5.56 Å². The van der Waals surface area contributed by atoms with E-state index in [1.54, 1.807) is 36.1 Å². The number of carbonyl (C=O) groups is 1. The molecule has 0 saturated carbocycles. The lowest BCUT2D eigenvalue weighted by Gasteiger charge is -2.10. The molecule has 0 atom stereocenters. The van der Waals surface area contributed by atoms with Gasteiger partial charge in [0.25, 0.3) is 5.91 Å². The Hall–Kier alpha value is -3.09. The molecule has 0 spiro atoms. The highest BCUT2D eigenvalue weighted by molar-refractivity contribution is 5.94. The minimum absolute atomic E-state index is 0.0124. The van der Waals surface area contributed by atoms with E-state index in [1.807, 2.05) is 18.3 Å². The van der Waals surface area contributed by atoms with Crippen molar-refractivity contribution < 1.29 is 18.0 Å². The summed E-state index contributed by atoms with van der Waals surface area (Å²) in [6.07, 6.45) is 0.734. The second-order valence-electron chi connectivity index (χ2n) is 5.84. The molecule has 134 valence electrons. The number of alkyl halides is 3. The quantitative estimate of drug-likeness (QED) is 0.764. The summed E-state index contributed by atoms with van der Waals surface area (Å²) in [4.78, 5) is 16.4. The second kappa shape index (κ2) is 7.03. The van der Waals surface area contributed by atoms with Crippen LogP contribution >= 0.6 is 0 Å². The Morgan fingerprint density at radius 3 is 2.54 bits per heavy atom. The summed E-state index contributed by atoms with van der Waals surface area (Å²) in [5.74, 6) is -0.356. The van der Waals surface area contributed by atoms with Crippen LogP contribution in [-0.4, -0.2) is 15.5 Å². The topological polar surface area (TPSA) is 46.9 Å². The number of aromatic nitrogens is 2. The normalized spacial score (nSPS) is 11.4. The number of aryl methyl sites for hydroxylation is 1. The van der Waals surface area contributed by atoms with Crippen molar-refractivity contribution in [3.8, 4) is 11.1 Å². The number of hydrogen-bond acceptors (Lipinski definition) is 2. The fraction of sp³-hybridized carbons (Fsp3) is 0.158. The van der Waals surface area contributed by atoms with Gasteiger partial charge in [-0.25, -0.2) is 0 Å². The summed E-state index contributed by atoms with van der Waals surface area (Å²) in [6, 6.07) is 10.3. The van der Waals surface area contributed by atoms with E-state index in [0.717, 1.165) is 23.3 Å². The number of nitrogens with one attached hydrogen (secondary N) is 1. The molecule has 2 heterocycles. The zero-order chi connectivity index (χ0) is 18.7. The molecular formula is C19H16F3N3O. The first-order chi connectivity index (χ1) is 12.3. The summed E-state index contributed by atoms with van der Waals surface area (Å²) >= 11 is 0. The Balaban J connectivity index is 1.72. The first-order valence-corrected chi connectivity index (χ1v) is 7.86. The van der Waals surface area contributed by atoms with E-state index in [0.29, 0.717) is 11.3 Å². The monoisotopic (exact) mass is 359 g/mol. The van der Waals surface area contributed by atoms with Gasteiger partial charge in [0.1, 0.15) is 5.69 Å². The van der Waals surface area contributed by atoms with Crippen molar-refractivity contribution in [3.05, 3.63) is 77.9 Å². The van der Waals surface area contributed by atoms with Crippen LogP contribution in [0.3, 0.4) is 0 Å². The number of hydrogen-bond donors (Lipinski definition) is 1. The highest BCUT2D eigenvalue weighted by Gasteiger charge is 2.30. The van der Waals surface area contributed by atoms with Crippen LogP contribution in [0, 0.1) is 0 Å². The molecule has 3 rings (SSSR count). The number of pyridine rings is 1. The van der Waals surface area contributed by atoms with Crippen LogP contribution in [0.2, 0.25) is 0 Å². The number of rotatable bonds is 4. The molecule has 0 aliphatic heterocycles. The molecule has 0 unspecified atom stereocenters. The van der Waals surface area contributed by atoms with E-state index in [-0.39, 0.29) is 12.5 Å². The molecule has 2 aromatic heterocycles. The second-order valence-corrected chi connectivity index (χ2v) is 5.84. The number of carbonyl (C=O) groups excluding carboxylic acids is 1. The average Bonchev–Trinajstić information content (AvgIpc) is 3.02. The van der Waals surface area contributed by atoms with Gasteiger partial charge in [-0.05, 0) is 41.5 Å². The van der Waals surface area contributed by atoms with Gasteiger partial charge in [-0.15, -0.1) is 0 Å². The Morgan fingerprint density at radius 2 is 1.85 bits per heavy atom. The fourth-order valence-electron chi connectivity index (χ4n) is 2.62. The van der Waals surface area contributed by atoms with E-state index < -0.39 is 11.7 Å². The van der Waals surface area contributed by atoms with Crippen molar-refractivity contribution in [3.63, 3.8) is 0 Å². The Labute approximate surface area is 148 Å². The van der Waals surface area contributed by atoms with Crippen molar-refractivity contribution in [1.29, 1.82) is 0 Å². The van der Waals surface area contributed by atoms with Crippen LogP contribution in [0.4, 0.5) is 13.2 Å². The molecule has 3 aromatic rings. The average molecular weight is 359 g/mol. The number of amides is 1. The number of nitrogens with zero attached hydrogens (tertiary/aromatic N) is 2. The Morgan fingerprint density at radius 1 is 1.12 bits per heavy atom. The summed E-state index contributed by atoms with van der Waals surface area (Å²) in [6.45, 7) is 0.0124. The van der Waals surface area contributed by atoms with Gasteiger partial charge in [0.15, 0.2) is 0 Å². The molecule has 0 radical (unpaired) electrons. The summed E-state index contributed by atoms with van der Waals surface area (Å²) in [7, 11) is 1.74. The minimum atomic E-state index is -4.41. The largest absolute Gasteiger partial charge is 0.416 e. The van der Waals surface area contributed by atoms with E-state index >= 15 is 0 Å². The zero-order valence-corrected chi connectivity index (χ0v) is 13.9. The third-order valence-electron chi connectivity index (χ3n) is 3.96. The van der Waals surface area contributed by atoms with E-state index in [9.17, 15) is 18.0 Å². The van der Waals surface area contributed by atoms with Crippen LogP contribution in [-0.2, 0) is 19.8 Å². The van der Waals surface area contributed by atoms with Crippen molar-refractivity contribution in [1.82, 2.24) is 14.9 Å². The van der Waals surface area contributed by atoms with E-state index in [2.05, 4.69) is 10.3 Å². The minimum Gasteiger partial charge on any atom is -0.347 e. The highest BCUT2D eigenvalue weighted by Crippen LogP contribution is 2.29. The third kappa shape index (κ3) is 3.93. The molecule has 0 aliphatic carbocycles.